The van der Waals surface area contributed by atoms with Gasteiger partial charge in [-0.25, -0.2) is 0 Å². The fourth-order valence-corrected chi connectivity index (χ4v) is 2.91. The number of piperidine rings is 1. The third-order valence-corrected chi connectivity index (χ3v) is 3.61. The predicted molar refractivity (Wildman–Crippen MR) is 78.9 cm³/mol. The minimum absolute atomic E-state index is 0.349. The van der Waals surface area contributed by atoms with Crippen molar-refractivity contribution >= 4 is 0 Å². The summed E-state index contributed by atoms with van der Waals surface area (Å²) in [6.45, 7) is 11.7. The number of ether oxygens (including phenoxy) is 1. The Bertz CT molecular complexity index is 298. The van der Waals surface area contributed by atoms with Crippen LogP contribution < -0.4 is 0 Å². The lowest BCUT2D eigenvalue weighted by atomic mass is 9.92. The summed E-state index contributed by atoms with van der Waals surface area (Å²) in [6.07, 6.45) is 6.72. The Morgan fingerprint density at radius 1 is 1.37 bits per heavy atom. The van der Waals surface area contributed by atoms with Crippen molar-refractivity contribution in [2.45, 2.75) is 52.2 Å². The Labute approximate surface area is 118 Å². The number of β-amino-alcohol motifs (C(OH)–C–C–N with tert-alkyl or cyclic N) is 1. The number of hydrogen-bond donors (Lipinski definition) is 1. The molecule has 1 aliphatic heterocycles. The van der Waals surface area contributed by atoms with Crippen molar-refractivity contribution in [1.82, 2.24) is 4.90 Å². The summed E-state index contributed by atoms with van der Waals surface area (Å²) in [5, 5.41) is 10.1. The number of likely N-dealkylation sites (tertiary alicyclic amines) is 1. The van der Waals surface area contributed by atoms with Gasteiger partial charge in [0.1, 0.15) is 0 Å². The Morgan fingerprint density at radius 3 is 2.47 bits per heavy atom. The summed E-state index contributed by atoms with van der Waals surface area (Å²) in [6, 6.07) is 0. The van der Waals surface area contributed by atoms with Crippen molar-refractivity contribution in [1.29, 1.82) is 0 Å². The molecule has 0 amide bonds. The van der Waals surface area contributed by atoms with E-state index in [0.29, 0.717) is 19.6 Å². The van der Waals surface area contributed by atoms with Crippen LogP contribution in [0.5, 0.6) is 0 Å². The molecule has 0 radical (unpaired) electrons. The second kappa shape index (κ2) is 7.28. The van der Waals surface area contributed by atoms with Crippen LogP contribution in [0.2, 0.25) is 0 Å². The largest absolute Gasteiger partial charge is 0.389 e. The molecule has 3 nitrogen and oxygen atoms in total. The van der Waals surface area contributed by atoms with Gasteiger partial charge >= 0.3 is 0 Å². The first-order valence-corrected chi connectivity index (χ1v) is 7.30. The van der Waals surface area contributed by atoms with E-state index in [2.05, 4.69) is 24.7 Å². The van der Waals surface area contributed by atoms with E-state index in [4.69, 9.17) is 11.2 Å². The molecule has 0 saturated carbocycles. The standard InChI is InChI=1S/C16H29NO2/c1-6-7-16(4,5)19-12-15(18)11-17-9-13(2)8-14(3)10-17/h1,13-15,18H,7-12H2,2-5H3/t13-,14-,15-/m0/s1. The fourth-order valence-electron chi connectivity index (χ4n) is 2.91. The maximum Gasteiger partial charge on any atom is 0.0900 e. The van der Waals surface area contributed by atoms with Gasteiger partial charge in [0.2, 0.25) is 0 Å². The van der Waals surface area contributed by atoms with Gasteiger partial charge in [0.25, 0.3) is 0 Å². The van der Waals surface area contributed by atoms with E-state index in [1.54, 1.807) is 0 Å². The highest BCUT2D eigenvalue weighted by Gasteiger charge is 2.24. The van der Waals surface area contributed by atoms with Crippen molar-refractivity contribution in [3.63, 3.8) is 0 Å². The quantitative estimate of drug-likeness (QED) is 0.749. The van der Waals surface area contributed by atoms with Crippen molar-refractivity contribution in [3.8, 4) is 12.3 Å². The van der Waals surface area contributed by atoms with Gasteiger partial charge in [0, 0.05) is 26.1 Å². The highest BCUT2D eigenvalue weighted by molar-refractivity contribution is 4.92. The second-order valence-corrected chi connectivity index (χ2v) is 6.77. The van der Waals surface area contributed by atoms with Crippen molar-refractivity contribution < 1.29 is 9.84 Å². The van der Waals surface area contributed by atoms with E-state index in [1.165, 1.54) is 6.42 Å². The minimum Gasteiger partial charge on any atom is -0.389 e. The Kier molecular flexibility index (Phi) is 6.32. The van der Waals surface area contributed by atoms with Crippen molar-refractivity contribution in [2.24, 2.45) is 11.8 Å². The number of rotatable bonds is 6. The summed E-state index contributed by atoms with van der Waals surface area (Å²) < 4.78 is 5.71. The summed E-state index contributed by atoms with van der Waals surface area (Å²) >= 11 is 0. The Hall–Kier alpha value is -0.560. The van der Waals surface area contributed by atoms with Crippen LogP contribution in [0.3, 0.4) is 0 Å². The molecule has 1 saturated heterocycles. The number of aliphatic hydroxyl groups is 1. The van der Waals surface area contributed by atoms with Gasteiger partial charge in [-0.1, -0.05) is 13.8 Å². The summed E-state index contributed by atoms with van der Waals surface area (Å²) in [5.74, 6) is 4.04. The molecule has 0 spiro atoms. The number of hydrogen-bond acceptors (Lipinski definition) is 3. The van der Waals surface area contributed by atoms with Crippen LogP contribution in [0.25, 0.3) is 0 Å². The minimum atomic E-state index is -0.436. The maximum atomic E-state index is 10.1. The molecule has 3 atom stereocenters. The van der Waals surface area contributed by atoms with E-state index < -0.39 is 6.10 Å². The van der Waals surface area contributed by atoms with Gasteiger partial charge in [0.05, 0.1) is 18.3 Å². The zero-order chi connectivity index (χ0) is 14.5. The third kappa shape index (κ3) is 6.42. The molecule has 1 N–H and O–H groups in total. The lowest BCUT2D eigenvalue weighted by Crippen LogP contribution is -2.44. The third-order valence-electron chi connectivity index (χ3n) is 3.61. The molecule has 0 aromatic heterocycles. The van der Waals surface area contributed by atoms with Gasteiger partial charge in [-0.05, 0) is 32.1 Å². The van der Waals surface area contributed by atoms with Crippen LogP contribution in [0.1, 0.15) is 40.5 Å². The zero-order valence-electron chi connectivity index (χ0n) is 12.9. The van der Waals surface area contributed by atoms with Crippen LogP contribution in [-0.4, -0.2) is 48.0 Å². The average molecular weight is 267 g/mol. The molecule has 110 valence electrons. The molecule has 1 heterocycles. The Morgan fingerprint density at radius 2 is 1.95 bits per heavy atom. The molecule has 0 aromatic rings. The highest BCUT2D eigenvalue weighted by atomic mass is 16.5. The molecule has 0 unspecified atom stereocenters. The maximum absolute atomic E-state index is 10.1. The monoisotopic (exact) mass is 267 g/mol. The number of terminal acetylenes is 1. The van der Waals surface area contributed by atoms with E-state index in [-0.39, 0.29) is 5.60 Å². The predicted octanol–water partition coefficient (Wildman–Crippen LogP) is 2.14. The van der Waals surface area contributed by atoms with Crippen molar-refractivity contribution in [2.75, 3.05) is 26.2 Å². The SMILES string of the molecule is C#CCC(C)(C)OC[C@@H](O)CN1C[C@@H](C)C[C@H](C)C1. The topological polar surface area (TPSA) is 32.7 Å². The van der Waals surface area contributed by atoms with Gasteiger partial charge < -0.3 is 14.7 Å². The average Bonchev–Trinajstić information content (AvgIpc) is 2.25. The van der Waals surface area contributed by atoms with Gasteiger partial charge in [-0.15, -0.1) is 12.3 Å². The molecule has 19 heavy (non-hydrogen) atoms. The first-order chi connectivity index (χ1) is 8.82. The normalized spacial score (nSPS) is 26.9. The lowest BCUT2D eigenvalue weighted by Gasteiger charge is -2.36. The van der Waals surface area contributed by atoms with Crippen LogP contribution in [0, 0.1) is 24.2 Å². The van der Waals surface area contributed by atoms with Crippen molar-refractivity contribution in [3.05, 3.63) is 0 Å². The first kappa shape index (κ1) is 16.5. The zero-order valence-corrected chi connectivity index (χ0v) is 12.9. The van der Waals surface area contributed by atoms with Crippen LogP contribution in [-0.2, 0) is 4.74 Å². The molecule has 0 aliphatic carbocycles. The fraction of sp³-hybridized carbons (Fsp3) is 0.875. The lowest BCUT2D eigenvalue weighted by molar-refractivity contribution is -0.0661. The molecule has 0 bridgehead atoms. The summed E-state index contributed by atoms with van der Waals surface area (Å²) in [7, 11) is 0. The summed E-state index contributed by atoms with van der Waals surface area (Å²) in [4.78, 5) is 2.35. The van der Waals surface area contributed by atoms with Gasteiger partial charge in [0.15, 0.2) is 0 Å². The molecular weight excluding hydrogens is 238 g/mol. The smallest absolute Gasteiger partial charge is 0.0900 e. The van der Waals surface area contributed by atoms with Crippen LogP contribution in [0.4, 0.5) is 0 Å². The molecule has 1 rings (SSSR count). The van der Waals surface area contributed by atoms with Crippen LogP contribution >= 0.6 is 0 Å². The molecule has 1 fully saturated rings. The highest BCUT2D eigenvalue weighted by Crippen LogP contribution is 2.21. The molecule has 0 aromatic carbocycles. The second-order valence-electron chi connectivity index (χ2n) is 6.77. The van der Waals surface area contributed by atoms with Gasteiger partial charge in [-0.3, -0.25) is 0 Å². The number of aliphatic hydroxyl groups excluding tert-OH is 1. The van der Waals surface area contributed by atoms with E-state index in [1.807, 2.05) is 13.8 Å². The first-order valence-electron chi connectivity index (χ1n) is 7.30. The molecule has 3 heteroatoms. The van der Waals surface area contributed by atoms with Crippen LogP contribution in [0.15, 0.2) is 0 Å². The summed E-state index contributed by atoms with van der Waals surface area (Å²) in [5.41, 5.74) is -0.349. The molecule has 1 aliphatic rings. The van der Waals surface area contributed by atoms with E-state index in [0.717, 1.165) is 24.9 Å². The van der Waals surface area contributed by atoms with E-state index >= 15 is 0 Å². The van der Waals surface area contributed by atoms with Gasteiger partial charge in [-0.2, -0.15) is 0 Å². The molecular formula is C16H29NO2. The van der Waals surface area contributed by atoms with E-state index in [9.17, 15) is 5.11 Å². The number of nitrogens with zero attached hydrogens (tertiary/aromatic N) is 1. The Balaban J connectivity index is 2.31.